The number of hydrogen-bond acceptors (Lipinski definition) is 4. The zero-order chi connectivity index (χ0) is 19.2. The van der Waals surface area contributed by atoms with Gasteiger partial charge in [0.25, 0.3) is 5.91 Å². The third-order valence-corrected chi connectivity index (χ3v) is 3.72. The number of nitrogens with one attached hydrogen (secondary N) is 2. The van der Waals surface area contributed by atoms with Crippen LogP contribution < -0.4 is 10.6 Å². The summed E-state index contributed by atoms with van der Waals surface area (Å²) < 4.78 is 43.3. The molecule has 9 heteroatoms. The summed E-state index contributed by atoms with van der Waals surface area (Å²) in [5.41, 5.74) is -0.412. The molecule has 0 unspecified atom stereocenters. The molecule has 1 heterocycles. The van der Waals surface area contributed by atoms with E-state index in [0.29, 0.717) is 25.1 Å². The van der Waals surface area contributed by atoms with Gasteiger partial charge in [0, 0.05) is 26.5 Å². The normalized spacial score (nSPS) is 11.3. The van der Waals surface area contributed by atoms with Crippen molar-refractivity contribution in [3.63, 3.8) is 0 Å². The van der Waals surface area contributed by atoms with E-state index >= 15 is 0 Å². The Hall–Kier alpha value is -2.32. The molecular formula is C17H17ClF3N3O2. The van der Waals surface area contributed by atoms with E-state index in [4.69, 9.17) is 16.3 Å². The van der Waals surface area contributed by atoms with Gasteiger partial charge in [-0.05, 0) is 36.8 Å². The topological polar surface area (TPSA) is 63.2 Å². The van der Waals surface area contributed by atoms with Crippen molar-refractivity contribution in [1.82, 2.24) is 10.3 Å². The Labute approximate surface area is 153 Å². The quantitative estimate of drug-likeness (QED) is 0.697. The largest absolute Gasteiger partial charge is 0.416 e. The van der Waals surface area contributed by atoms with Crippen molar-refractivity contribution in [3.05, 3.63) is 52.7 Å². The second kappa shape index (κ2) is 8.86. The SMILES string of the molecule is COCCCNC(=O)c1ccc(Nc2cc(C(F)(F)F)ccc2Cl)nc1. The minimum Gasteiger partial charge on any atom is -0.385 e. The minimum absolute atomic E-state index is 0.0748. The van der Waals surface area contributed by atoms with Crippen molar-refractivity contribution < 1.29 is 22.7 Å². The number of pyridine rings is 1. The Kier molecular flexibility index (Phi) is 6.82. The molecule has 0 fully saturated rings. The predicted octanol–water partition coefficient (Wildman–Crippen LogP) is 4.26. The molecule has 0 saturated carbocycles. The van der Waals surface area contributed by atoms with Gasteiger partial charge >= 0.3 is 6.18 Å². The van der Waals surface area contributed by atoms with Crippen LogP contribution in [0.4, 0.5) is 24.7 Å². The molecule has 0 saturated heterocycles. The fraction of sp³-hybridized carbons (Fsp3) is 0.294. The summed E-state index contributed by atoms with van der Waals surface area (Å²) in [7, 11) is 1.58. The number of amides is 1. The van der Waals surface area contributed by atoms with Crippen LogP contribution in [0.1, 0.15) is 22.3 Å². The summed E-state index contributed by atoms with van der Waals surface area (Å²) in [6, 6.07) is 5.97. The molecule has 5 nitrogen and oxygen atoms in total. The van der Waals surface area contributed by atoms with Gasteiger partial charge in [0.1, 0.15) is 5.82 Å². The zero-order valence-corrected chi connectivity index (χ0v) is 14.6. The average Bonchev–Trinajstić information content (AvgIpc) is 2.60. The molecule has 0 atom stereocenters. The van der Waals surface area contributed by atoms with E-state index in [1.807, 2.05) is 0 Å². The summed E-state index contributed by atoms with van der Waals surface area (Å²) in [5, 5.41) is 5.55. The van der Waals surface area contributed by atoms with Gasteiger partial charge in [0.2, 0.25) is 0 Å². The van der Waals surface area contributed by atoms with Gasteiger partial charge in [0.05, 0.1) is 21.8 Å². The maximum absolute atomic E-state index is 12.8. The van der Waals surface area contributed by atoms with Crippen LogP contribution in [0.5, 0.6) is 0 Å². The number of methoxy groups -OCH3 is 1. The van der Waals surface area contributed by atoms with Gasteiger partial charge in [-0.1, -0.05) is 11.6 Å². The number of anilines is 2. The molecule has 140 valence electrons. The van der Waals surface area contributed by atoms with Crippen LogP contribution >= 0.6 is 11.6 Å². The number of halogens is 4. The molecule has 0 aliphatic carbocycles. The summed E-state index contributed by atoms with van der Waals surface area (Å²) in [5.74, 6) is -0.0283. The molecule has 2 aromatic rings. The molecule has 2 rings (SSSR count). The highest BCUT2D eigenvalue weighted by molar-refractivity contribution is 6.33. The third-order valence-electron chi connectivity index (χ3n) is 3.39. The highest BCUT2D eigenvalue weighted by Gasteiger charge is 2.31. The number of nitrogens with zero attached hydrogens (tertiary/aromatic N) is 1. The molecule has 2 N–H and O–H groups in total. The number of rotatable bonds is 7. The first-order valence-electron chi connectivity index (χ1n) is 7.68. The maximum Gasteiger partial charge on any atom is 0.416 e. The van der Waals surface area contributed by atoms with Crippen molar-refractivity contribution in [2.75, 3.05) is 25.6 Å². The monoisotopic (exact) mass is 387 g/mol. The lowest BCUT2D eigenvalue weighted by Gasteiger charge is -2.12. The number of aromatic nitrogens is 1. The molecule has 1 aromatic carbocycles. The van der Waals surface area contributed by atoms with Gasteiger partial charge < -0.3 is 15.4 Å². The number of alkyl halides is 3. The van der Waals surface area contributed by atoms with E-state index in [2.05, 4.69) is 15.6 Å². The Morgan fingerprint density at radius 1 is 1.27 bits per heavy atom. The predicted molar refractivity (Wildman–Crippen MR) is 92.8 cm³/mol. The van der Waals surface area contributed by atoms with Crippen LogP contribution in [0.15, 0.2) is 36.5 Å². The average molecular weight is 388 g/mol. The van der Waals surface area contributed by atoms with Crippen LogP contribution in [-0.2, 0) is 10.9 Å². The molecular weight excluding hydrogens is 371 g/mol. The number of hydrogen-bond donors (Lipinski definition) is 2. The highest BCUT2D eigenvalue weighted by Crippen LogP contribution is 2.34. The summed E-state index contributed by atoms with van der Waals surface area (Å²) in [6.45, 7) is 1.01. The fourth-order valence-corrected chi connectivity index (χ4v) is 2.22. The summed E-state index contributed by atoms with van der Waals surface area (Å²) in [6.07, 6.45) is -2.46. The third kappa shape index (κ3) is 5.60. The first-order valence-corrected chi connectivity index (χ1v) is 8.06. The number of carbonyl (C=O) groups excluding carboxylic acids is 1. The second-order valence-electron chi connectivity index (χ2n) is 5.35. The summed E-state index contributed by atoms with van der Waals surface area (Å²) in [4.78, 5) is 16.0. The van der Waals surface area contributed by atoms with E-state index in [0.717, 1.165) is 18.2 Å². The first kappa shape index (κ1) is 20.0. The molecule has 0 spiro atoms. The second-order valence-corrected chi connectivity index (χ2v) is 5.76. The Bertz CT molecular complexity index is 752. The smallest absolute Gasteiger partial charge is 0.385 e. The van der Waals surface area contributed by atoms with E-state index in [9.17, 15) is 18.0 Å². The Morgan fingerprint density at radius 2 is 2.04 bits per heavy atom. The lowest BCUT2D eigenvalue weighted by atomic mass is 10.2. The summed E-state index contributed by atoms with van der Waals surface area (Å²) >= 11 is 5.93. The van der Waals surface area contributed by atoms with Crippen molar-refractivity contribution in [3.8, 4) is 0 Å². The first-order chi connectivity index (χ1) is 12.3. The zero-order valence-electron chi connectivity index (χ0n) is 13.9. The van der Waals surface area contributed by atoms with Crippen molar-refractivity contribution in [2.24, 2.45) is 0 Å². The molecule has 0 aliphatic rings. The van der Waals surface area contributed by atoms with E-state index in [1.165, 1.54) is 18.3 Å². The fourth-order valence-electron chi connectivity index (χ4n) is 2.06. The van der Waals surface area contributed by atoms with Crippen LogP contribution in [0.2, 0.25) is 5.02 Å². The minimum atomic E-state index is -4.47. The Morgan fingerprint density at radius 3 is 2.65 bits per heavy atom. The van der Waals surface area contributed by atoms with Gasteiger partial charge in [-0.2, -0.15) is 13.2 Å². The molecule has 0 aliphatic heterocycles. The molecule has 0 bridgehead atoms. The van der Waals surface area contributed by atoms with Gasteiger partial charge in [-0.15, -0.1) is 0 Å². The molecule has 1 amide bonds. The van der Waals surface area contributed by atoms with Crippen LogP contribution in [0.3, 0.4) is 0 Å². The molecule has 1 aromatic heterocycles. The Balaban J connectivity index is 2.04. The van der Waals surface area contributed by atoms with Gasteiger partial charge in [0.15, 0.2) is 0 Å². The van der Waals surface area contributed by atoms with E-state index in [-0.39, 0.29) is 22.4 Å². The van der Waals surface area contributed by atoms with Crippen LogP contribution in [0.25, 0.3) is 0 Å². The van der Waals surface area contributed by atoms with Crippen molar-refractivity contribution in [2.45, 2.75) is 12.6 Å². The lowest BCUT2D eigenvalue weighted by molar-refractivity contribution is -0.137. The van der Waals surface area contributed by atoms with E-state index in [1.54, 1.807) is 7.11 Å². The van der Waals surface area contributed by atoms with Gasteiger partial charge in [-0.25, -0.2) is 4.98 Å². The van der Waals surface area contributed by atoms with Gasteiger partial charge in [-0.3, -0.25) is 4.79 Å². The number of benzene rings is 1. The highest BCUT2D eigenvalue weighted by atomic mass is 35.5. The standard InChI is InChI=1S/C17H17ClF3N3O2/c1-26-8-2-7-22-16(25)11-3-6-15(23-10-11)24-14-9-12(17(19,20)21)4-5-13(14)18/h3-6,9-10H,2,7-8H2,1H3,(H,22,25)(H,23,24). The van der Waals surface area contributed by atoms with Crippen molar-refractivity contribution >= 4 is 29.0 Å². The molecule has 0 radical (unpaired) electrons. The lowest BCUT2D eigenvalue weighted by Crippen LogP contribution is -2.25. The molecule has 26 heavy (non-hydrogen) atoms. The van der Waals surface area contributed by atoms with Crippen molar-refractivity contribution in [1.29, 1.82) is 0 Å². The number of ether oxygens (including phenoxy) is 1. The maximum atomic E-state index is 12.8. The van der Waals surface area contributed by atoms with Crippen LogP contribution in [0, 0.1) is 0 Å². The van der Waals surface area contributed by atoms with Crippen LogP contribution in [-0.4, -0.2) is 31.2 Å². The van der Waals surface area contributed by atoms with E-state index < -0.39 is 11.7 Å². The number of carbonyl (C=O) groups is 1.